The summed E-state index contributed by atoms with van der Waals surface area (Å²) in [5.41, 5.74) is 8.66. The number of rotatable bonds is 6. The molecule has 0 saturated heterocycles. The Kier molecular flexibility index (Phi) is 4.68. The highest BCUT2D eigenvalue weighted by atomic mass is 16.5. The molecule has 0 amide bonds. The van der Waals surface area contributed by atoms with Gasteiger partial charge in [0.25, 0.3) is 0 Å². The molecule has 0 unspecified atom stereocenters. The van der Waals surface area contributed by atoms with Crippen LogP contribution < -0.4 is 5.73 Å². The van der Waals surface area contributed by atoms with Gasteiger partial charge < -0.3 is 10.5 Å². The van der Waals surface area contributed by atoms with Crippen LogP contribution in [0.5, 0.6) is 0 Å². The van der Waals surface area contributed by atoms with Crippen LogP contribution in [0, 0.1) is 12.8 Å². The van der Waals surface area contributed by atoms with Gasteiger partial charge in [0.1, 0.15) is 0 Å². The number of aromatic nitrogens is 4. The molecule has 20 heavy (non-hydrogen) atoms. The van der Waals surface area contributed by atoms with Crippen LogP contribution in [0.25, 0.3) is 11.4 Å². The monoisotopic (exact) mass is 275 g/mol. The van der Waals surface area contributed by atoms with Crippen LogP contribution in [-0.4, -0.2) is 33.4 Å². The molecular formula is C14H21N5O. The van der Waals surface area contributed by atoms with Crippen molar-refractivity contribution >= 4 is 5.69 Å². The van der Waals surface area contributed by atoms with Gasteiger partial charge in [-0.3, -0.25) is 0 Å². The summed E-state index contributed by atoms with van der Waals surface area (Å²) in [4.78, 5) is 0. The van der Waals surface area contributed by atoms with Crippen molar-refractivity contribution in [3.8, 4) is 11.4 Å². The molecule has 0 atom stereocenters. The molecule has 6 heteroatoms. The fraction of sp³-hybridized carbons (Fsp3) is 0.500. The maximum atomic E-state index is 6.00. The van der Waals surface area contributed by atoms with Gasteiger partial charge in [-0.2, -0.15) is 0 Å². The first kappa shape index (κ1) is 14.5. The zero-order valence-corrected chi connectivity index (χ0v) is 12.2. The Labute approximate surface area is 118 Å². The van der Waals surface area contributed by atoms with Gasteiger partial charge in [0, 0.05) is 17.9 Å². The number of aryl methyl sites for hydroxylation is 1. The lowest BCUT2D eigenvalue weighted by Crippen LogP contribution is -2.12. The number of hydrogen-bond acceptors (Lipinski definition) is 5. The minimum absolute atomic E-state index is 0.524. The van der Waals surface area contributed by atoms with Crippen LogP contribution in [0.1, 0.15) is 19.4 Å². The molecule has 108 valence electrons. The number of tetrazole rings is 1. The Balaban J connectivity index is 2.10. The number of benzene rings is 1. The zero-order valence-electron chi connectivity index (χ0n) is 12.2. The Hall–Kier alpha value is -1.95. The van der Waals surface area contributed by atoms with Crippen LogP contribution in [0.4, 0.5) is 5.69 Å². The molecular weight excluding hydrogens is 254 g/mol. The highest BCUT2D eigenvalue weighted by molar-refractivity contribution is 5.71. The minimum atomic E-state index is 0.524. The standard InChI is InChI=1S/C14H21N5O/c1-10(2)9-20-7-6-19-14(16-17-18-19)12-8-11(3)4-5-13(12)15/h4-5,8,10H,6-7,9,15H2,1-3H3. The number of hydrogen-bond donors (Lipinski definition) is 1. The van der Waals surface area contributed by atoms with E-state index in [0.717, 1.165) is 17.7 Å². The lowest BCUT2D eigenvalue weighted by molar-refractivity contribution is 0.101. The van der Waals surface area contributed by atoms with Gasteiger partial charge >= 0.3 is 0 Å². The minimum Gasteiger partial charge on any atom is -0.398 e. The third-order valence-electron chi connectivity index (χ3n) is 2.88. The molecule has 1 heterocycles. The molecule has 1 aromatic carbocycles. The third-order valence-corrected chi connectivity index (χ3v) is 2.88. The van der Waals surface area contributed by atoms with E-state index in [1.54, 1.807) is 4.68 Å². The van der Waals surface area contributed by atoms with Crippen LogP contribution in [0.3, 0.4) is 0 Å². The van der Waals surface area contributed by atoms with E-state index in [1.165, 1.54) is 0 Å². The molecule has 6 nitrogen and oxygen atoms in total. The summed E-state index contributed by atoms with van der Waals surface area (Å²) in [5, 5.41) is 11.8. The number of nitrogens with zero attached hydrogens (tertiary/aromatic N) is 4. The second-order valence-corrected chi connectivity index (χ2v) is 5.29. The summed E-state index contributed by atoms with van der Waals surface area (Å²) in [7, 11) is 0. The van der Waals surface area contributed by atoms with Crippen molar-refractivity contribution in [3.05, 3.63) is 23.8 Å². The number of nitrogens with two attached hydrogens (primary N) is 1. The largest absolute Gasteiger partial charge is 0.398 e. The van der Waals surface area contributed by atoms with Crippen LogP contribution in [0.15, 0.2) is 18.2 Å². The summed E-state index contributed by atoms with van der Waals surface area (Å²) in [6.07, 6.45) is 0. The van der Waals surface area contributed by atoms with Crippen molar-refractivity contribution in [2.45, 2.75) is 27.3 Å². The average molecular weight is 275 g/mol. The number of nitrogen functional groups attached to an aromatic ring is 1. The molecule has 0 saturated carbocycles. The highest BCUT2D eigenvalue weighted by Crippen LogP contribution is 2.24. The maximum Gasteiger partial charge on any atom is 0.184 e. The van der Waals surface area contributed by atoms with E-state index in [4.69, 9.17) is 10.5 Å². The summed E-state index contributed by atoms with van der Waals surface area (Å²) < 4.78 is 7.29. The Bertz CT molecular complexity index is 564. The van der Waals surface area contributed by atoms with Gasteiger partial charge in [-0.15, -0.1) is 5.10 Å². The van der Waals surface area contributed by atoms with E-state index < -0.39 is 0 Å². The summed E-state index contributed by atoms with van der Waals surface area (Å²) >= 11 is 0. The second kappa shape index (κ2) is 6.47. The molecule has 2 N–H and O–H groups in total. The molecule has 0 aliphatic carbocycles. The van der Waals surface area contributed by atoms with Crippen molar-refractivity contribution in [1.29, 1.82) is 0 Å². The number of anilines is 1. The molecule has 0 aliphatic heterocycles. The lowest BCUT2D eigenvalue weighted by atomic mass is 10.1. The summed E-state index contributed by atoms with van der Waals surface area (Å²) in [6, 6.07) is 5.84. The average Bonchev–Trinajstić information content (AvgIpc) is 2.85. The Morgan fingerprint density at radius 1 is 1.35 bits per heavy atom. The molecule has 0 spiro atoms. The van der Waals surface area contributed by atoms with Gasteiger partial charge in [0.15, 0.2) is 5.82 Å². The zero-order chi connectivity index (χ0) is 14.5. The van der Waals surface area contributed by atoms with Crippen molar-refractivity contribution in [2.75, 3.05) is 18.9 Å². The molecule has 2 rings (SSSR count). The van der Waals surface area contributed by atoms with E-state index in [1.807, 2.05) is 25.1 Å². The molecule has 0 fully saturated rings. The Morgan fingerprint density at radius 2 is 2.15 bits per heavy atom. The van der Waals surface area contributed by atoms with E-state index >= 15 is 0 Å². The topological polar surface area (TPSA) is 78.9 Å². The number of ether oxygens (including phenoxy) is 1. The van der Waals surface area contributed by atoms with Gasteiger partial charge in [0.2, 0.25) is 0 Å². The van der Waals surface area contributed by atoms with Crippen molar-refractivity contribution in [3.63, 3.8) is 0 Å². The smallest absolute Gasteiger partial charge is 0.184 e. The molecule has 1 aromatic heterocycles. The molecule has 0 radical (unpaired) electrons. The van der Waals surface area contributed by atoms with Gasteiger partial charge in [0.05, 0.1) is 13.2 Å². The SMILES string of the molecule is Cc1ccc(N)c(-c2nnnn2CCOCC(C)C)c1. The molecule has 2 aromatic rings. The lowest BCUT2D eigenvalue weighted by Gasteiger charge is -2.09. The van der Waals surface area contributed by atoms with Gasteiger partial charge in [-0.25, -0.2) is 4.68 Å². The first-order valence-corrected chi connectivity index (χ1v) is 6.78. The van der Waals surface area contributed by atoms with Crippen LogP contribution >= 0.6 is 0 Å². The quantitative estimate of drug-likeness (QED) is 0.643. The third kappa shape index (κ3) is 3.54. The highest BCUT2D eigenvalue weighted by Gasteiger charge is 2.12. The molecule has 0 aliphatic rings. The van der Waals surface area contributed by atoms with Crippen molar-refractivity contribution in [1.82, 2.24) is 20.2 Å². The predicted molar refractivity (Wildman–Crippen MR) is 78.1 cm³/mol. The van der Waals surface area contributed by atoms with Gasteiger partial charge in [-0.05, 0) is 35.4 Å². The first-order valence-electron chi connectivity index (χ1n) is 6.78. The van der Waals surface area contributed by atoms with Crippen molar-refractivity contribution in [2.24, 2.45) is 5.92 Å². The van der Waals surface area contributed by atoms with Crippen molar-refractivity contribution < 1.29 is 4.74 Å². The fourth-order valence-electron chi connectivity index (χ4n) is 1.88. The van der Waals surface area contributed by atoms with E-state index in [-0.39, 0.29) is 0 Å². The van der Waals surface area contributed by atoms with E-state index in [2.05, 4.69) is 29.4 Å². The predicted octanol–water partition coefficient (Wildman–Crippen LogP) is 1.90. The van der Waals surface area contributed by atoms with Crippen LogP contribution in [0.2, 0.25) is 0 Å². The Morgan fingerprint density at radius 3 is 2.90 bits per heavy atom. The second-order valence-electron chi connectivity index (χ2n) is 5.29. The maximum absolute atomic E-state index is 6.00. The van der Waals surface area contributed by atoms with E-state index in [0.29, 0.717) is 30.6 Å². The summed E-state index contributed by atoms with van der Waals surface area (Å²) in [5.74, 6) is 1.20. The summed E-state index contributed by atoms with van der Waals surface area (Å²) in [6.45, 7) is 8.20. The van der Waals surface area contributed by atoms with E-state index in [9.17, 15) is 0 Å². The fourth-order valence-corrected chi connectivity index (χ4v) is 1.88. The first-order chi connectivity index (χ1) is 9.58. The van der Waals surface area contributed by atoms with Crippen LogP contribution in [-0.2, 0) is 11.3 Å². The van der Waals surface area contributed by atoms with Gasteiger partial charge in [-0.1, -0.05) is 25.5 Å². The normalized spacial score (nSPS) is 11.2. The molecule has 0 bridgehead atoms.